The minimum atomic E-state index is 1.31. The molecule has 0 unspecified atom stereocenters. The fraction of sp³-hybridized carbons (Fsp3) is 0.200. The van der Waals surface area contributed by atoms with E-state index in [1.807, 2.05) is 0 Å². The summed E-state index contributed by atoms with van der Waals surface area (Å²) in [6.07, 6.45) is 6.32. The van der Waals surface area contributed by atoms with Crippen molar-refractivity contribution in [2.75, 3.05) is 0 Å². The van der Waals surface area contributed by atoms with E-state index in [-0.39, 0.29) is 0 Å². The molecule has 1 aromatic rings. The Morgan fingerprint density at radius 3 is 2.82 bits per heavy atom. The summed E-state index contributed by atoms with van der Waals surface area (Å²) in [7, 11) is 0. The van der Waals surface area contributed by atoms with Crippen LogP contribution in [0.15, 0.2) is 35.2 Å². The molecule has 0 atom stereocenters. The summed E-state index contributed by atoms with van der Waals surface area (Å²) in [6.45, 7) is 4.19. The third kappa shape index (κ3) is 3.19. The molecule has 0 spiro atoms. The Morgan fingerprint density at radius 2 is 2.27 bits per heavy atom. The highest BCUT2D eigenvalue weighted by molar-refractivity contribution is 7.10. The Balaban J connectivity index is 2.56. The SMILES string of the molecule is CC(C)=C/C=C\c1cccs1. The molecule has 0 aromatic carbocycles. The first kappa shape index (κ1) is 8.28. The van der Waals surface area contributed by atoms with Gasteiger partial charge in [-0.3, -0.25) is 0 Å². The van der Waals surface area contributed by atoms with Crippen LogP contribution < -0.4 is 0 Å². The van der Waals surface area contributed by atoms with Gasteiger partial charge in [0.2, 0.25) is 0 Å². The van der Waals surface area contributed by atoms with E-state index >= 15 is 0 Å². The number of hydrogen-bond acceptors (Lipinski definition) is 1. The van der Waals surface area contributed by atoms with Crippen molar-refractivity contribution in [3.05, 3.63) is 40.1 Å². The van der Waals surface area contributed by atoms with Crippen LogP contribution in [0.25, 0.3) is 6.08 Å². The number of rotatable bonds is 2. The van der Waals surface area contributed by atoms with Crippen LogP contribution in [0, 0.1) is 0 Å². The minimum absolute atomic E-state index is 1.31. The average molecular weight is 164 g/mol. The number of hydrogen-bond donors (Lipinski definition) is 0. The van der Waals surface area contributed by atoms with Crippen molar-refractivity contribution in [1.29, 1.82) is 0 Å². The third-order valence-electron chi connectivity index (χ3n) is 1.23. The van der Waals surface area contributed by atoms with Crippen LogP contribution in [0.5, 0.6) is 0 Å². The fourth-order valence-corrected chi connectivity index (χ4v) is 1.35. The molecule has 0 amide bonds. The maximum Gasteiger partial charge on any atom is 0.0270 e. The van der Waals surface area contributed by atoms with Crippen LogP contribution in [-0.4, -0.2) is 0 Å². The van der Waals surface area contributed by atoms with Gasteiger partial charge in [0, 0.05) is 4.88 Å². The molecule has 1 rings (SSSR count). The summed E-state index contributed by atoms with van der Waals surface area (Å²) in [5, 5.41) is 2.09. The Morgan fingerprint density at radius 1 is 1.45 bits per heavy atom. The van der Waals surface area contributed by atoms with Gasteiger partial charge in [-0.2, -0.15) is 0 Å². The fourth-order valence-electron chi connectivity index (χ4n) is 0.721. The molecule has 1 aromatic heterocycles. The van der Waals surface area contributed by atoms with Gasteiger partial charge in [0.1, 0.15) is 0 Å². The Kier molecular flexibility index (Phi) is 3.12. The lowest BCUT2D eigenvalue weighted by Gasteiger charge is -1.82. The Bertz CT molecular complexity index is 248. The van der Waals surface area contributed by atoms with Gasteiger partial charge in [0.25, 0.3) is 0 Å². The van der Waals surface area contributed by atoms with Crippen molar-refractivity contribution in [2.24, 2.45) is 0 Å². The first-order valence-corrected chi connectivity index (χ1v) is 4.52. The quantitative estimate of drug-likeness (QED) is 0.584. The predicted molar refractivity (Wildman–Crippen MR) is 52.8 cm³/mol. The molecular formula is C10H12S. The highest BCUT2D eigenvalue weighted by Crippen LogP contribution is 2.10. The van der Waals surface area contributed by atoms with E-state index in [9.17, 15) is 0 Å². The molecule has 0 saturated carbocycles. The van der Waals surface area contributed by atoms with Gasteiger partial charge >= 0.3 is 0 Å². The molecule has 0 radical (unpaired) electrons. The topological polar surface area (TPSA) is 0 Å². The zero-order valence-corrected chi connectivity index (χ0v) is 7.69. The van der Waals surface area contributed by atoms with Crippen LogP contribution in [0.4, 0.5) is 0 Å². The number of allylic oxidation sites excluding steroid dienone is 3. The number of thiophene rings is 1. The van der Waals surface area contributed by atoms with E-state index in [0.717, 1.165) is 0 Å². The average Bonchev–Trinajstić information content (AvgIpc) is 2.39. The van der Waals surface area contributed by atoms with Gasteiger partial charge in [0.05, 0.1) is 0 Å². The van der Waals surface area contributed by atoms with Gasteiger partial charge in [-0.05, 0) is 31.4 Å². The highest BCUT2D eigenvalue weighted by Gasteiger charge is 1.82. The molecule has 0 aliphatic heterocycles. The lowest BCUT2D eigenvalue weighted by molar-refractivity contribution is 1.40. The van der Waals surface area contributed by atoms with Crippen LogP contribution >= 0.6 is 11.3 Å². The lowest BCUT2D eigenvalue weighted by Crippen LogP contribution is -1.59. The Labute approximate surface area is 71.9 Å². The van der Waals surface area contributed by atoms with Crippen LogP contribution in [0.2, 0.25) is 0 Å². The monoisotopic (exact) mass is 164 g/mol. The van der Waals surface area contributed by atoms with E-state index in [2.05, 4.69) is 49.6 Å². The molecule has 58 valence electrons. The van der Waals surface area contributed by atoms with Crippen molar-refractivity contribution >= 4 is 17.4 Å². The third-order valence-corrected chi connectivity index (χ3v) is 2.07. The minimum Gasteiger partial charge on any atom is -0.144 e. The second-order valence-electron chi connectivity index (χ2n) is 2.62. The molecule has 0 aliphatic rings. The van der Waals surface area contributed by atoms with E-state index in [1.165, 1.54) is 10.5 Å². The van der Waals surface area contributed by atoms with Crippen molar-refractivity contribution in [2.45, 2.75) is 13.8 Å². The smallest absolute Gasteiger partial charge is 0.0270 e. The molecule has 0 fully saturated rings. The highest BCUT2D eigenvalue weighted by atomic mass is 32.1. The standard InChI is InChI=1S/C10H12S/c1-9(2)5-3-6-10-7-4-8-11-10/h3-8H,1-2H3/b6-3-. The molecule has 0 aliphatic carbocycles. The van der Waals surface area contributed by atoms with Crippen molar-refractivity contribution in [3.8, 4) is 0 Å². The van der Waals surface area contributed by atoms with Gasteiger partial charge < -0.3 is 0 Å². The molecular weight excluding hydrogens is 152 g/mol. The molecule has 0 bridgehead atoms. The normalized spacial score (nSPS) is 10.4. The summed E-state index contributed by atoms with van der Waals surface area (Å²) >= 11 is 1.76. The van der Waals surface area contributed by atoms with Gasteiger partial charge in [-0.15, -0.1) is 11.3 Å². The van der Waals surface area contributed by atoms with E-state index < -0.39 is 0 Å². The Hall–Kier alpha value is -0.820. The summed E-state index contributed by atoms with van der Waals surface area (Å²) in [5.74, 6) is 0. The molecule has 1 heteroatoms. The van der Waals surface area contributed by atoms with Crippen molar-refractivity contribution < 1.29 is 0 Å². The first-order valence-electron chi connectivity index (χ1n) is 3.64. The maximum atomic E-state index is 2.12. The van der Waals surface area contributed by atoms with Crippen LogP contribution in [-0.2, 0) is 0 Å². The second-order valence-corrected chi connectivity index (χ2v) is 3.60. The predicted octanol–water partition coefficient (Wildman–Crippen LogP) is 3.73. The van der Waals surface area contributed by atoms with Crippen LogP contribution in [0.3, 0.4) is 0 Å². The van der Waals surface area contributed by atoms with Crippen molar-refractivity contribution in [1.82, 2.24) is 0 Å². The molecule has 0 N–H and O–H groups in total. The summed E-state index contributed by atoms with van der Waals surface area (Å²) < 4.78 is 0. The first-order chi connectivity index (χ1) is 5.29. The van der Waals surface area contributed by atoms with Crippen LogP contribution in [0.1, 0.15) is 18.7 Å². The van der Waals surface area contributed by atoms with Gasteiger partial charge in [0.15, 0.2) is 0 Å². The molecule has 0 nitrogen and oxygen atoms in total. The van der Waals surface area contributed by atoms with Gasteiger partial charge in [-0.1, -0.05) is 23.8 Å². The van der Waals surface area contributed by atoms with E-state index in [4.69, 9.17) is 0 Å². The maximum absolute atomic E-state index is 2.12. The zero-order chi connectivity index (χ0) is 8.10. The summed E-state index contributed by atoms with van der Waals surface area (Å²) in [6, 6.07) is 4.17. The van der Waals surface area contributed by atoms with Gasteiger partial charge in [-0.25, -0.2) is 0 Å². The molecule has 0 saturated heterocycles. The largest absolute Gasteiger partial charge is 0.144 e. The molecule has 1 heterocycles. The summed E-state index contributed by atoms with van der Waals surface area (Å²) in [4.78, 5) is 1.31. The molecule has 11 heavy (non-hydrogen) atoms. The summed E-state index contributed by atoms with van der Waals surface area (Å²) in [5.41, 5.74) is 1.33. The van der Waals surface area contributed by atoms with Crippen molar-refractivity contribution in [3.63, 3.8) is 0 Å². The second kappa shape index (κ2) is 4.14. The lowest BCUT2D eigenvalue weighted by atomic mass is 10.3. The van der Waals surface area contributed by atoms with E-state index in [0.29, 0.717) is 0 Å². The van der Waals surface area contributed by atoms with E-state index in [1.54, 1.807) is 11.3 Å². The zero-order valence-electron chi connectivity index (χ0n) is 6.87.